The number of carbonyl (C=O) groups excluding carboxylic acids is 1. The first-order valence-electron chi connectivity index (χ1n) is 9.16. The lowest BCUT2D eigenvalue weighted by Gasteiger charge is -2.08. The Balaban J connectivity index is 1.64. The van der Waals surface area contributed by atoms with E-state index in [0.717, 1.165) is 5.56 Å². The van der Waals surface area contributed by atoms with Gasteiger partial charge in [-0.2, -0.15) is 5.26 Å². The van der Waals surface area contributed by atoms with Gasteiger partial charge in [0.15, 0.2) is 0 Å². The normalized spacial score (nSPS) is 10.7. The molecule has 0 aliphatic heterocycles. The smallest absolute Gasteiger partial charge is 0.266 e. The van der Waals surface area contributed by atoms with E-state index in [-0.39, 0.29) is 11.3 Å². The number of amides is 1. The maximum absolute atomic E-state index is 12.4. The molecule has 2 N–H and O–H groups in total. The number of aromatic hydroxyl groups is 1. The lowest BCUT2D eigenvalue weighted by atomic mass is 10.1. The Morgan fingerprint density at radius 3 is 2.40 bits per heavy atom. The van der Waals surface area contributed by atoms with Gasteiger partial charge >= 0.3 is 0 Å². The van der Waals surface area contributed by atoms with Crippen molar-refractivity contribution >= 4 is 17.7 Å². The minimum atomic E-state index is -0.578. The van der Waals surface area contributed by atoms with E-state index in [1.165, 1.54) is 19.3 Å². The summed E-state index contributed by atoms with van der Waals surface area (Å²) in [6.07, 6.45) is 1.32. The molecule has 0 spiro atoms. The summed E-state index contributed by atoms with van der Waals surface area (Å²) in [4.78, 5) is 12.4. The third-order valence-electron chi connectivity index (χ3n) is 4.26. The van der Waals surface area contributed by atoms with Crippen LogP contribution >= 0.6 is 0 Å². The Labute approximate surface area is 174 Å². The maximum Gasteiger partial charge on any atom is 0.266 e. The number of phenolic OH excluding ortho intramolecular Hbond substituents is 1. The highest BCUT2D eigenvalue weighted by Crippen LogP contribution is 2.25. The number of rotatable bonds is 7. The molecule has 0 saturated carbocycles. The van der Waals surface area contributed by atoms with Gasteiger partial charge in [-0.1, -0.05) is 30.3 Å². The Morgan fingerprint density at radius 2 is 1.77 bits per heavy atom. The molecule has 0 heterocycles. The van der Waals surface area contributed by atoms with E-state index in [4.69, 9.17) is 9.47 Å². The summed E-state index contributed by atoms with van der Waals surface area (Å²) in [5.41, 5.74) is 1.78. The molecule has 3 rings (SSSR count). The summed E-state index contributed by atoms with van der Waals surface area (Å²) in [5, 5.41) is 22.0. The van der Waals surface area contributed by atoms with Crippen molar-refractivity contribution in [1.29, 1.82) is 5.26 Å². The van der Waals surface area contributed by atoms with Crippen molar-refractivity contribution < 1.29 is 19.4 Å². The second-order valence-electron chi connectivity index (χ2n) is 6.35. The van der Waals surface area contributed by atoms with Crippen LogP contribution in [0.2, 0.25) is 0 Å². The minimum Gasteiger partial charge on any atom is -0.507 e. The molecule has 3 aromatic carbocycles. The van der Waals surface area contributed by atoms with Gasteiger partial charge in [0.05, 0.1) is 7.11 Å². The van der Waals surface area contributed by atoms with Crippen molar-refractivity contribution in [3.8, 4) is 23.3 Å². The van der Waals surface area contributed by atoms with Crippen molar-refractivity contribution in [2.24, 2.45) is 0 Å². The third-order valence-corrected chi connectivity index (χ3v) is 4.26. The number of hydrogen-bond acceptors (Lipinski definition) is 5. The molecule has 0 unspecified atom stereocenters. The molecule has 0 atom stereocenters. The zero-order valence-electron chi connectivity index (χ0n) is 16.3. The van der Waals surface area contributed by atoms with Crippen LogP contribution in [-0.4, -0.2) is 18.1 Å². The van der Waals surface area contributed by atoms with Gasteiger partial charge in [-0.25, -0.2) is 0 Å². The zero-order chi connectivity index (χ0) is 21.3. The first kappa shape index (κ1) is 20.5. The number of anilines is 1. The highest BCUT2D eigenvalue weighted by Gasteiger charge is 2.11. The molecule has 6 heteroatoms. The van der Waals surface area contributed by atoms with Crippen molar-refractivity contribution in [1.82, 2.24) is 0 Å². The van der Waals surface area contributed by atoms with Crippen LogP contribution in [0.3, 0.4) is 0 Å². The number of nitrogens with one attached hydrogen (secondary N) is 1. The molecule has 0 radical (unpaired) electrons. The van der Waals surface area contributed by atoms with Gasteiger partial charge in [0.25, 0.3) is 5.91 Å². The second-order valence-corrected chi connectivity index (χ2v) is 6.35. The fourth-order valence-corrected chi connectivity index (χ4v) is 2.65. The van der Waals surface area contributed by atoms with Crippen LogP contribution in [0.1, 0.15) is 11.1 Å². The van der Waals surface area contributed by atoms with Crippen molar-refractivity contribution in [3.63, 3.8) is 0 Å². The average Bonchev–Trinajstić information content (AvgIpc) is 2.78. The van der Waals surface area contributed by atoms with Gasteiger partial charge in [-0.05, 0) is 48.0 Å². The van der Waals surface area contributed by atoms with Crippen LogP contribution in [0.15, 0.2) is 78.4 Å². The Bertz CT molecular complexity index is 1080. The van der Waals surface area contributed by atoms with E-state index in [0.29, 0.717) is 29.4 Å². The molecule has 0 bridgehead atoms. The molecule has 150 valence electrons. The predicted octanol–water partition coefficient (Wildman–Crippen LogP) is 4.53. The molecule has 1 amide bonds. The summed E-state index contributed by atoms with van der Waals surface area (Å²) in [6, 6.07) is 23.1. The van der Waals surface area contributed by atoms with Crippen LogP contribution in [0.5, 0.6) is 17.2 Å². The summed E-state index contributed by atoms with van der Waals surface area (Å²) in [7, 11) is 1.48. The van der Waals surface area contributed by atoms with E-state index in [2.05, 4.69) is 5.32 Å². The molecule has 0 fully saturated rings. The van der Waals surface area contributed by atoms with Crippen molar-refractivity contribution in [3.05, 3.63) is 89.5 Å². The predicted molar refractivity (Wildman–Crippen MR) is 114 cm³/mol. The molecular weight excluding hydrogens is 380 g/mol. The van der Waals surface area contributed by atoms with E-state index in [1.807, 2.05) is 36.4 Å². The summed E-state index contributed by atoms with van der Waals surface area (Å²) >= 11 is 0. The number of methoxy groups -OCH3 is 1. The zero-order valence-corrected chi connectivity index (χ0v) is 16.3. The monoisotopic (exact) mass is 400 g/mol. The molecule has 6 nitrogen and oxygen atoms in total. The lowest BCUT2D eigenvalue weighted by molar-refractivity contribution is -0.112. The van der Waals surface area contributed by atoms with Crippen molar-refractivity contribution in [2.45, 2.75) is 6.61 Å². The molecule has 0 aromatic heterocycles. The maximum atomic E-state index is 12.4. The standard InChI is InChI=1S/C24H20N2O4/c1-29-22-10-7-18(23(27)14-22)13-19(15-25)24(28)26-20-8-11-21(12-9-20)30-16-17-5-3-2-4-6-17/h2-14,27H,16H2,1H3,(H,26,28)/b19-13+. The van der Waals surface area contributed by atoms with E-state index < -0.39 is 5.91 Å². The largest absolute Gasteiger partial charge is 0.507 e. The molecule has 0 aliphatic carbocycles. The quantitative estimate of drug-likeness (QED) is 0.449. The lowest BCUT2D eigenvalue weighted by Crippen LogP contribution is -2.13. The Hall–Kier alpha value is -4.24. The Morgan fingerprint density at radius 1 is 1.07 bits per heavy atom. The highest BCUT2D eigenvalue weighted by atomic mass is 16.5. The van der Waals surface area contributed by atoms with Crippen LogP contribution in [0, 0.1) is 11.3 Å². The van der Waals surface area contributed by atoms with Crippen LogP contribution in [0.4, 0.5) is 5.69 Å². The fourth-order valence-electron chi connectivity index (χ4n) is 2.65. The molecule has 0 aliphatic rings. The van der Waals surface area contributed by atoms with Crippen molar-refractivity contribution in [2.75, 3.05) is 12.4 Å². The molecule has 3 aromatic rings. The topological polar surface area (TPSA) is 91.6 Å². The summed E-state index contributed by atoms with van der Waals surface area (Å²) in [6.45, 7) is 0.444. The van der Waals surface area contributed by atoms with Crippen LogP contribution in [0.25, 0.3) is 6.08 Å². The first-order chi connectivity index (χ1) is 14.6. The Kier molecular flexibility index (Phi) is 6.70. The molecule has 0 saturated heterocycles. The van der Waals surface area contributed by atoms with Gasteiger partial charge in [0, 0.05) is 17.3 Å². The number of hydrogen-bond donors (Lipinski definition) is 2. The van der Waals surface area contributed by atoms with Gasteiger partial charge in [0.2, 0.25) is 0 Å². The summed E-state index contributed by atoms with van der Waals surface area (Å²) in [5.74, 6) is 0.471. The third kappa shape index (κ3) is 5.40. The van der Waals surface area contributed by atoms with E-state index >= 15 is 0 Å². The van der Waals surface area contributed by atoms with E-state index in [9.17, 15) is 15.2 Å². The van der Waals surface area contributed by atoms with Crippen LogP contribution in [-0.2, 0) is 11.4 Å². The van der Waals surface area contributed by atoms with Gasteiger partial charge in [0.1, 0.15) is 35.5 Å². The van der Waals surface area contributed by atoms with E-state index in [1.54, 1.807) is 36.4 Å². The number of nitriles is 1. The number of benzene rings is 3. The molecule has 30 heavy (non-hydrogen) atoms. The van der Waals surface area contributed by atoms with Gasteiger partial charge < -0.3 is 19.9 Å². The first-order valence-corrected chi connectivity index (χ1v) is 9.16. The SMILES string of the molecule is COc1ccc(/C=C(\C#N)C(=O)Nc2ccc(OCc3ccccc3)cc2)c(O)c1. The minimum absolute atomic E-state index is 0.0881. The number of ether oxygens (including phenoxy) is 2. The second kappa shape index (κ2) is 9.80. The fraction of sp³-hybridized carbons (Fsp3) is 0.0833. The number of carbonyl (C=O) groups is 1. The van der Waals surface area contributed by atoms with Gasteiger partial charge in [-0.3, -0.25) is 4.79 Å². The number of phenols is 1. The van der Waals surface area contributed by atoms with Gasteiger partial charge in [-0.15, -0.1) is 0 Å². The molecular formula is C24H20N2O4. The van der Waals surface area contributed by atoms with Crippen LogP contribution < -0.4 is 14.8 Å². The average molecular weight is 400 g/mol. The summed E-state index contributed by atoms with van der Waals surface area (Å²) < 4.78 is 10.7. The number of nitrogens with zero attached hydrogens (tertiary/aromatic N) is 1. The highest BCUT2D eigenvalue weighted by molar-refractivity contribution is 6.09.